The lowest BCUT2D eigenvalue weighted by Crippen LogP contribution is -2.35. The van der Waals surface area contributed by atoms with Gasteiger partial charge in [-0.3, -0.25) is 4.90 Å². The summed E-state index contributed by atoms with van der Waals surface area (Å²) in [6, 6.07) is 8.42. The van der Waals surface area contributed by atoms with Crippen molar-refractivity contribution >= 4 is 9.84 Å². The van der Waals surface area contributed by atoms with Gasteiger partial charge in [-0.05, 0) is 25.5 Å². The Bertz CT molecular complexity index is 528. The van der Waals surface area contributed by atoms with Crippen LogP contribution in [0.25, 0.3) is 0 Å². The molecule has 5 heteroatoms. The standard InChI is InChI=1S/C14H22N2O2S/c1-12-4-2-5-13(10-12)14(11-15)16-6-3-8-19(17,18)9-7-16/h2,4-5,10,14H,3,6-9,11,15H2,1H3. The normalized spacial score (nSPS) is 21.8. The number of aryl methyl sites for hydroxylation is 1. The van der Waals surface area contributed by atoms with Gasteiger partial charge < -0.3 is 5.73 Å². The van der Waals surface area contributed by atoms with Crippen LogP contribution in [0.5, 0.6) is 0 Å². The zero-order valence-electron chi connectivity index (χ0n) is 11.4. The van der Waals surface area contributed by atoms with E-state index in [4.69, 9.17) is 5.73 Å². The van der Waals surface area contributed by atoms with Gasteiger partial charge in [0.05, 0.1) is 11.5 Å². The molecule has 1 saturated heterocycles. The molecular weight excluding hydrogens is 260 g/mol. The Labute approximate surface area is 115 Å². The number of rotatable bonds is 3. The van der Waals surface area contributed by atoms with E-state index in [2.05, 4.69) is 30.0 Å². The number of nitrogens with zero attached hydrogens (tertiary/aromatic N) is 1. The lowest BCUT2D eigenvalue weighted by molar-refractivity contribution is 0.218. The zero-order valence-corrected chi connectivity index (χ0v) is 12.2. The average Bonchev–Trinajstić information content (AvgIpc) is 2.52. The van der Waals surface area contributed by atoms with Crippen molar-refractivity contribution in [3.05, 3.63) is 35.4 Å². The van der Waals surface area contributed by atoms with Gasteiger partial charge in [-0.1, -0.05) is 29.8 Å². The van der Waals surface area contributed by atoms with E-state index in [1.165, 1.54) is 11.1 Å². The second-order valence-corrected chi connectivity index (χ2v) is 7.51. The Kier molecular flexibility index (Phi) is 4.60. The van der Waals surface area contributed by atoms with Crippen molar-refractivity contribution < 1.29 is 8.42 Å². The topological polar surface area (TPSA) is 63.4 Å². The predicted octanol–water partition coefficient (Wildman–Crippen LogP) is 1.12. The van der Waals surface area contributed by atoms with Gasteiger partial charge in [-0.2, -0.15) is 0 Å². The fourth-order valence-electron chi connectivity index (χ4n) is 2.64. The highest BCUT2D eigenvalue weighted by Gasteiger charge is 2.24. The molecule has 0 spiro atoms. The fraction of sp³-hybridized carbons (Fsp3) is 0.571. The van der Waals surface area contributed by atoms with Gasteiger partial charge in [0.15, 0.2) is 9.84 Å². The minimum absolute atomic E-state index is 0.119. The number of hydrogen-bond acceptors (Lipinski definition) is 4. The number of sulfone groups is 1. The summed E-state index contributed by atoms with van der Waals surface area (Å²) in [6.45, 7) is 3.96. The molecule has 4 nitrogen and oxygen atoms in total. The molecule has 2 N–H and O–H groups in total. The van der Waals surface area contributed by atoms with Crippen molar-refractivity contribution in [2.75, 3.05) is 31.1 Å². The number of nitrogens with two attached hydrogens (primary N) is 1. The molecule has 1 fully saturated rings. The predicted molar refractivity (Wildman–Crippen MR) is 77.8 cm³/mol. The fourth-order valence-corrected chi connectivity index (χ4v) is 3.93. The first-order valence-electron chi connectivity index (χ1n) is 6.73. The largest absolute Gasteiger partial charge is 0.329 e. The second-order valence-electron chi connectivity index (χ2n) is 5.21. The maximum absolute atomic E-state index is 11.7. The molecule has 1 unspecified atom stereocenters. The summed E-state index contributed by atoms with van der Waals surface area (Å²) in [6.07, 6.45) is 0.699. The Morgan fingerprint density at radius 2 is 2.11 bits per heavy atom. The molecule has 0 bridgehead atoms. The smallest absolute Gasteiger partial charge is 0.151 e. The summed E-state index contributed by atoms with van der Waals surface area (Å²) < 4.78 is 23.3. The number of hydrogen-bond donors (Lipinski definition) is 1. The highest BCUT2D eigenvalue weighted by Crippen LogP contribution is 2.22. The second kappa shape index (κ2) is 6.03. The molecule has 0 saturated carbocycles. The Morgan fingerprint density at radius 1 is 1.32 bits per heavy atom. The monoisotopic (exact) mass is 282 g/mol. The van der Waals surface area contributed by atoms with E-state index in [-0.39, 0.29) is 11.8 Å². The van der Waals surface area contributed by atoms with Crippen molar-refractivity contribution in [1.29, 1.82) is 0 Å². The van der Waals surface area contributed by atoms with Crippen LogP contribution in [0.3, 0.4) is 0 Å². The minimum atomic E-state index is -2.87. The van der Waals surface area contributed by atoms with Crippen molar-refractivity contribution in [1.82, 2.24) is 4.90 Å². The van der Waals surface area contributed by atoms with E-state index >= 15 is 0 Å². The van der Waals surface area contributed by atoms with Gasteiger partial charge in [-0.15, -0.1) is 0 Å². The van der Waals surface area contributed by atoms with Gasteiger partial charge in [0.2, 0.25) is 0 Å². The molecule has 0 amide bonds. The molecular formula is C14H22N2O2S. The van der Waals surface area contributed by atoms with Crippen LogP contribution >= 0.6 is 0 Å². The van der Waals surface area contributed by atoms with Crippen LogP contribution in [0, 0.1) is 6.92 Å². The molecule has 1 aromatic rings. The molecule has 106 valence electrons. The molecule has 19 heavy (non-hydrogen) atoms. The molecule has 2 rings (SSSR count). The quantitative estimate of drug-likeness (QED) is 0.902. The third-order valence-corrected chi connectivity index (χ3v) is 5.40. The summed E-state index contributed by atoms with van der Waals surface area (Å²) in [7, 11) is -2.87. The minimum Gasteiger partial charge on any atom is -0.329 e. The van der Waals surface area contributed by atoms with Crippen molar-refractivity contribution in [3.63, 3.8) is 0 Å². The first-order chi connectivity index (χ1) is 9.02. The van der Waals surface area contributed by atoms with Crippen LogP contribution in [-0.2, 0) is 9.84 Å². The maximum atomic E-state index is 11.7. The van der Waals surface area contributed by atoms with Crippen LogP contribution in [0.1, 0.15) is 23.6 Å². The maximum Gasteiger partial charge on any atom is 0.151 e. The third-order valence-electron chi connectivity index (χ3n) is 3.68. The Hall–Kier alpha value is -0.910. The molecule has 1 atom stereocenters. The third kappa shape index (κ3) is 3.78. The van der Waals surface area contributed by atoms with Gasteiger partial charge >= 0.3 is 0 Å². The summed E-state index contributed by atoms with van der Waals surface area (Å²) in [4.78, 5) is 2.21. The van der Waals surface area contributed by atoms with Crippen molar-refractivity contribution in [3.8, 4) is 0 Å². The van der Waals surface area contributed by atoms with Crippen molar-refractivity contribution in [2.45, 2.75) is 19.4 Å². The van der Waals surface area contributed by atoms with Crippen LogP contribution in [0.15, 0.2) is 24.3 Å². The van der Waals surface area contributed by atoms with E-state index in [0.29, 0.717) is 25.3 Å². The lowest BCUT2D eigenvalue weighted by Gasteiger charge is -2.29. The van der Waals surface area contributed by atoms with Gasteiger partial charge in [0.1, 0.15) is 0 Å². The summed E-state index contributed by atoms with van der Waals surface area (Å²) >= 11 is 0. The SMILES string of the molecule is Cc1cccc(C(CN)N2CCCS(=O)(=O)CC2)c1. The first-order valence-corrected chi connectivity index (χ1v) is 8.55. The van der Waals surface area contributed by atoms with Crippen LogP contribution in [-0.4, -0.2) is 44.5 Å². The Balaban J connectivity index is 2.18. The molecule has 1 aliphatic rings. The summed E-state index contributed by atoms with van der Waals surface area (Å²) in [5.41, 5.74) is 8.30. The molecule has 1 aliphatic heterocycles. The van der Waals surface area contributed by atoms with Crippen LogP contribution < -0.4 is 5.73 Å². The average molecular weight is 282 g/mol. The van der Waals surface area contributed by atoms with Crippen LogP contribution in [0.4, 0.5) is 0 Å². The van der Waals surface area contributed by atoms with Gasteiger partial charge in [0, 0.05) is 19.1 Å². The Morgan fingerprint density at radius 3 is 2.79 bits per heavy atom. The lowest BCUT2D eigenvalue weighted by atomic mass is 10.0. The van der Waals surface area contributed by atoms with Crippen LogP contribution in [0.2, 0.25) is 0 Å². The molecule has 0 radical (unpaired) electrons. The van der Waals surface area contributed by atoms with Gasteiger partial charge in [0.25, 0.3) is 0 Å². The first kappa shape index (κ1) is 14.5. The summed E-state index contributed by atoms with van der Waals surface area (Å²) in [5.74, 6) is 0.546. The van der Waals surface area contributed by atoms with E-state index in [1.54, 1.807) is 0 Å². The van der Waals surface area contributed by atoms with E-state index < -0.39 is 9.84 Å². The van der Waals surface area contributed by atoms with E-state index in [9.17, 15) is 8.42 Å². The molecule has 1 aromatic carbocycles. The number of benzene rings is 1. The summed E-state index contributed by atoms with van der Waals surface area (Å²) in [5, 5.41) is 0. The molecule has 0 aliphatic carbocycles. The highest BCUT2D eigenvalue weighted by atomic mass is 32.2. The molecule has 1 heterocycles. The highest BCUT2D eigenvalue weighted by molar-refractivity contribution is 7.91. The van der Waals surface area contributed by atoms with E-state index in [1.807, 2.05) is 6.07 Å². The zero-order chi connectivity index (χ0) is 13.9. The molecule has 0 aromatic heterocycles. The van der Waals surface area contributed by atoms with E-state index in [0.717, 1.165) is 6.54 Å². The van der Waals surface area contributed by atoms with Gasteiger partial charge in [-0.25, -0.2) is 8.42 Å². The van der Waals surface area contributed by atoms with Crippen molar-refractivity contribution in [2.24, 2.45) is 5.73 Å².